The number of aliphatic imine (C=N–C) groups is 1. The topological polar surface area (TPSA) is 88.1 Å². The molecular formula is C18H17N3O4. The van der Waals surface area contributed by atoms with E-state index in [0.717, 1.165) is 0 Å². The number of nitrogens with one attached hydrogen (secondary N) is 1. The van der Waals surface area contributed by atoms with E-state index < -0.39 is 11.5 Å². The number of amidine groups is 1. The van der Waals surface area contributed by atoms with Gasteiger partial charge in [0.25, 0.3) is 11.8 Å². The molecule has 2 heterocycles. The fourth-order valence-corrected chi connectivity index (χ4v) is 2.75. The summed E-state index contributed by atoms with van der Waals surface area (Å²) in [6, 6.07) is 6.34. The standard InChI is InChI=1S/C18H17N3O4/c1-18(11-15(22)20-14-5-3-4-10-21(14)18)17(24)19-13-8-6-12(7-9-13)16(23)25-2/h3-10H,11H2,1-2H3,(H,19,24). The monoisotopic (exact) mass is 339 g/mol. The van der Waals surface area contributed by atoms with E-state index in [2.05, 4.69) is 15.0 Å². The first-order chi connectivity index (χ1) is 11.9. The molecule has 7 heteroatoms. The van der Waals surface area contributed by atoms with Gasteiger partial charge in [0.1, 0.15) is 11.4 Å². The lowest BCUT2D eigenvalue weighted by molar-refractivity contribution is -0.130. The molecule has 25 heavy (non-hydrogen) atoms. The van der Waals surface area contributed by atoms with Crippen LogP contribution in [0.5, 0.6) is 0 Å². The van der Waals surface area contributed by atoms with Crippen molar-refractivity contribution >= 4 is 29.3 Å². The average molecular weight is 339 g/mol. The van der Waals surface area contributed by atoms with Gasteiger partial charge >= 0.3 is 5.97 Å². The van der Waals surface area contributed by atoms with Crippen LogP contribution in [0.1, 0.15) is 23.7 Å². The number of ether oxygens (including phenoxy) is 1. The summed E-state index contributed by atoms with van der Waals surface area (Å²) in [6.45, 7) is 1.70. The third-order valence-corrected chi connectivity index (χ3v) is 4.16. The number of allylic oxidation sites excluding steroid dienone is 2. The lowest BCUT2D eigenvalue weighted by Crippen LogP contribution is -2.58. The third kappa shape index (κ3) is 3.08. The molecule has 0 bridgehead atoms. The third-order valence-electron chi connectivity index (χ3n) is 4.16. The first-order valence-electron chi connectivity index (χ1n) is 7.69. The van der Waals surface area contributed by atoms with E-state index in [1.807, 2.05) is 0 Å². The number of anilines is 1. The second-order valence-electron chi connectivity index (χ2n) is 5.91. The predicted octanol–water partition coefficient (Wildman–Crippen LogP) is 1.88. The van der Waals surface area contributed by atoms with Crippen molar-refractivity contribution in [3.63, 3.8) is 0 Å². The van der Waals surface area contributed by atoms with Gasteiger partial charge in [-0.1, -0.05) is 6.08 Å². The maximum absolute atomic E-state index is 12.9. The van der Waals surface area contributed by atoms with Crippen molar-refractivity contribution in [3.05, 3.63) is 54.3 Å². The first kappa shape index (κ1) is 16.6. The van der Waals surface area contributed by atoms with E-state index in [1.54, 1.807) is 60.5 Å². The highest BCUT2D eigenvalue weighted by Gasteiger charge is 2.45. The Bertz CT molecular complexity index is 823. The van der Waals surface area contributed by atoms with Gasteiger partial charge in [0.15, 0.2) is 0 Å². The molecule has 1 unspecified atom stereocenters. The quantitative estimate of drug-likeness (QED) is 0.850. The summed E-state index contributed by atoms with van der Waals surface area (Å²) in [7, 11) is 1.30. The number of hydrogen-bond acceptors (Lipinski definition) is 5. The average Bonchev–Trinajstić information content (AvgIpc) is 2.61. The Morgan fingerprint density at radius 3 is 2.64 bits per heavy atom. The minimum Gasteiger partial charge on any atom is -0.465 e. The van der Waals surface area contributed by atoms with Crippen molar-refractivity contribution in [2.24, 2.45) is 4.99 Å². The fraction of sp³-hybridized carbons (Fsp3) is 0.222. The maximum atomic E-state index is 12.9. The van der Waals surface area contributed by atoms with E-state index >= 15 is 0 Å². The molecule has 1 atom stereocenters. The highest BCUT2D eigenvalue weighted by Crippen LogP contribution is 2.29. The summed E-state index contributed by atoms with van der Waals surface area (Å²) < 4.78 is 4.64. The number of fused-ring (bicyclic) bond motifs is 1. The van der Waals surface area contributed by atoms with Gasteiger partial charge in [-0.05, 0) is 43.3 Å². The second kappa shape index (κ2) is 6.35. The van der Waals surface area contributed by atoms with Crippen molar-refractivity contribution < 1.29 is 19.1 Å². The largest absolute Gasteiger partial charge is 0.465 e. The van der Waals surface area contributed by atoms with Crippen LogP contribution in [0.25, 0.3) is 0 Å². The van der Waals surface area contributed by atoms with Gasteiger partial charge in [-0.15, -0.1) is 0 Å². The zero-order valence-electron chi connectivity index (χ0n) is 13.9. The van der Waals surface area contributed by atoms with Crippen molar-refractivity contribution in [2.45, 2.75) is 18.9 Å². The fourth-order valence-electron chi connectivity index (χ4n) is 2.75. The van der Waals surface area contributed by atoms with Gasteiger partial charge < -0.3 is 15.0 Å². The van der Waals surface area contributed by atoms with Crippen LogP contribution in [-0.4, -0.2) is 41.2 Å². The number of methoxy groups -OCH3 is 1. The van der Waals surface area contributed by atoms with Gasteiger partial charge in [0, 0.05) is 11.9 Å². The minimum absolute atomic E-state index is 0.0270. The maximum Gasteiger partial charge on any atom is 0.337 e. The Morgan fingerprint density at radius 1 is 1.24 bits per heavy atom. The number of carbonyl (C=O) groups excluding carboxylic acids is 3. The summed E-state index contributed by atoms with van der Waals surface area (Å²) in [5.74, 6) is -0.685. The molecule has 3 rings (SSSR count). The van der Waals surface area contributed by atoms with Crippen LogP contribution >= 0.6 is 0 Å². The molecule has 1 N–H and O–H groups in total. The van der Waals surface area contributed by atoms with Crippen LogP contribution in [0.4, 0.5) is 5.69 Å². The van der Waals surface area contributed by atoms with Crippen LogP contribution in [-0.2, 0) is 14.3 Å². The Hall–Kier alpha value is -3.22. The lowest BCUT2D eigenvalue weighted by atomic mass is 9.91. The summed E-state index contributed by atoms with van der Waals surface area (Å²) in [6.07, 6.45) is 6.93. The number of esters is 1. The Balaban J connectivity index is 1.81. The summed E-state index contributed by atoms with van der Waals surface area (Å²) in [4.78, 5) is 41.9. The van der Waals surface area contributed by atoms with Gasteiger partial charge in [0.2, 0.25) is 0 Å². The van der Waals surface area contributed by atoms with Crippen LogP contribution in [0.15, 0.2) is 53.7 Å². The van der Waals surface area contributed by atoms with Crippen molar-refractivity contribution in [1.82, 2.24) is 4.90 Å². The molecule has 2 aliphatic heterocycles. The number of carbonyl (C=O) groups is 3. The molecule has 1 aromatic rings. The van der Waals surface area contributed by atoms with Crippen molar-refractivity contribution in [2.75, 3.05) is 12.4 Å². The highest BCUT2D eigenvalue weighted by molar-refractivity contribution is 6.12. The van der Waals surface area contributed by atoms with Gasteiger partial charge in [0.05, 0.1) is 19.1 Å². The van der Waals surface area contributed by atoms with Crippen LogP contribution in [0, 0.1) is 0 Å². The van der Waals surface area contributed by atoms with Gasteiger partial charge in [-0.2, -0.15) is 4.99 Å². The van der Waals surface area contributed by atoms with E-state index in [-0.39, 0.29) is 18.2 Å². The molecule has 0 saturated heterocycles. The molecular weight excluding hydrogens is 322 g/mol. The van der Waals surface area contributed by atoms with Crippen molar-refractivity contribution in [1.29, 1.82) is 0 Å². The molecule has 0 spiro atoms. The molecule has 0 radical (unpaired) electrons. The zero-order chi connectivity index (χ0) is 18.0. The summed E-state index contributed by atoms with van der Waals surface area (Å²) in [5.41, 5.74) is -0.179. The molecule has 0 aliphatic carbocycles. The Morgan fingerprint density at radius 2 is 1.96 bits per heavy atom. The summed E-state index contributed by atoms with van der Waals surface area (Å²) in [5, 5.41) is 2.79. The van der Waals surface area contributed by atoms with E-state index in [0.29, 0.717) is 17.1 Å². The number of hydrogen-bond donors (Lipinski definition) is 1. The minimum atomic E-state index is -1.09. The molecule has 0 saturated carbocycles. The molecule has 2 aliphatic rings. The van der Waals surface area contributed by atoms with Crippen molar-refractivity contribution in [3.8, 4) is 0 Å². The summed E-state index contributed by atoms with van der Waals surface area (Å²) >= 11 is 0. The van der Waals surface area contributed by atoms with Crippen LogP contribution in [0.3, 0.4) is 0 Å². The van der Waals surface area contributed by atoms with Gasteiger partial charge in [-0.25, -0.2) is 4.79 Å². The van der Waals surface area contributed by atoms with E-state index in [4.69, 9.17) is 0 Å². The number of amides is 2. The highest BCUT2D eigenvalue weighted by atomic mass is 16.5. The smallest absolute Gasteiger partial charge is 0.337 e. The van der Waals surface area contributed by atoms with Gasteiger partial charge in [-0.3, -0.25) is 9.59 Å². The zero-order valence-corrected chi connectivity index (χ0v) is 13.9. The van der Waals surface area contributed by atoms with E-state index in [1.165, 1.54) is 7.11 Å². The molecule has 0 fully saturated rings. The first-order valence-corrected chi connectivity index (χ1v) is 7.69. The van der Waals surface area contributed by atoms with Crippen LogP contribution < -0.4 is 5.32 Å². The Kier molecular flexibility index (Phi) is 4.22. The number of nitrogens with zero attached hydrogens (tertiary/aromatic N) is 2. The van der Waals surface area contributed by atoms with Crippen LogP contribution in [0.2, 0.25) is 0 Å². The Labute approximate surface area is 144 Å². The van der Waals surface area contributed by atoms with E-state index in [9.17, 15) is 14.4 Å². The second-order valence-corrected chi connectivity index (χ2v) is 5.91. The number of rotatable bonds is 3. The molecule has 1 aromatic carbocycles. The SMILES string of the molecule is COC(=O)c1ccc(NC(=O)C2(C)CC(=O)N=C3C=CC=CN32)cc1. The normalized spacial score (nSPS) is 21.4. The number of benzene rings is 1. The molecule has 128 valence electrons. The molecule has 2 amide bonds. The molecule has 0 aromatic heterocycles. The molecule has 7 nitrogen and oxygen atoms in total. The predicted molar refractivity (Wildman–Crippen MR) is 92.0 cm³/mol. The lowest BCUT2D eigenvalue weighted by Gasteiger charge is -2.41.